The number of nitrogens with zero attached hydrogens (tertiary/aromatic N) is 5. The summed E-state index contributed by atoms with van der Waals surface area (Å²) < 4.78 is 2.20. The largest absolute Gasteiger partial charge is 0.357 e. The summed E-state index contributed by atoms with van der Waals surface area (Å²) in [6.07, 6.45) is 6.82. The lowest BCUT2D eigenvalue weighted by atomic mass is 10.2. The summed E-state index contributed by atoms with van der Waals surface area (Å²) in [4.78, 5) is 18.7. The van der Waals surface area contributed by atoms with E-state index in [1.807, 2.05) is 11.8 Å². The molecule has 8 nitrogen and oxygen atoms in total. The number of fused-ring (bicyclic) bond motifs is 1. The second-order valence-electron chi connectivity index (χ2n) is 6.63. The fraction of sp³-hybridized carbons (Fsp3) is 0.765. The number of carbonyl (C=O) groups excluding carboxylic acids is 1. The number of hydrogen-bond acceptors (Lipinski definition) is 4. The van der Waals surface area contributed by atoms with Crippen molar-refractivity contribution >= 4 is 11.9 Å². The van der Waals surface area contributed by atoms with Crippen molar-refractivity contribution in [2.75, 3.05) is 26.2 Å². The highest BCUT2D eigenvalue weighted by Gasteiger charge is 2.18. The second-order valence-corrected chi connectivity index (χ2v) is 6.63. The van der Waals surface area contributed by atoms with Gasteiger partial charge in [0.2, 0.25) is 5.91 Å². The van der Waals surface area contributed by atoms with Crippen LogP contribution in [0.3, 0.4) is 0 Å². The molecule has 1 saturated heterocycles. The van der Waals surface area contributed by atoms with Gasteiger partial charge in [0.15, 0.2) is 11.8 Å². The quantitative estimate of drug-likeness (QED) is 0.604. The van der Waals surface area contributed by atoms with E-state index < -0.39 is 0 Å². The van der Waals surface area contributed by atoms with E-state index >= 15 is 0 Å². The number of likely N-dealkylation sites (tertiary alicyclic amines) is 1. The normalized spacial score (nSPS) is 18.0. The van der Waals surface area contributed by atoms with Gasteiger partial charge in [-0.1, -0.05) is 6.42 Å². The molecule has 0 spiro atoms. The number of carbonyl (C=O) groups is 1. The van der Waals surface area contributed by atoms with Crippen LogP contribution in [0.25, 0.3) is 0 Å². The lowest BCUT2D eigenvalue weighted by Crippen LogP contribution is -2.44. The zero-order valence-electron chi connectivity index (χ0n) is 15.1. The van der Waals surface area contributed by atoms with Gasteiger partial charge in [-0.2, -0.15) is 0 Å². The molecule has 0 aliphatic carbocycles. The van der Waals surface area contributed by atoms with Gasteiger partial charge in [-0.15, -0.1) is 10.2 Å². The summed E-state index contributed by atoms with van der Waals surface area (Å²) in [5.74, 6) is 2.77. The van der Waals surface area contributed by atoms with E-state index in [0.717, 1.165) is 57.1 Å². The minimum atomic E-state index is 0.138. The molecule has 25 heavy (non-hydrogen) atoms. The van der Waals surface area contributed by atoms with Crippen LogP contribution in [0.5, 0.6) is 0 Å². The van der Waals surface area contributed by atoms with Crippen LogP contribution in [0.1, 0.15) is 50.7 Å². The SMILES string of the molecule is CCNC(=NCc1nnc2n1CCCCC2)NCC(=O)N1CCCC1. The van der Waals surface area contributed by atoms with Crippen LogP contribution in [0, 0.1) is 0 Å². The maximum absolute atomic E-state index is 12.2. The van der Waals surface area contributed by atoms with Crippen molar-refractivity contribution in [3.63, 3.8) is 0 Å². The molecule has 0 unspecified atom stereocenters. The number of guanidine groups is 1. The average molecular weight is 347 g/mol. The zero-order valence-corrected chi connectivity index (χ0v) is 15.1. The van der Waals surface area contributed by atoms with Crippen LogP contribution >= 0.6 is 0 Å². The molecule has 0 atom stereocenters. The van der Waals surface area contributed by atoms with Gasteiger partial charge >= 0.3 is 0 Å². The molecule has 1 amide bonds. The molecule has 1 aromatic rings. The number of amides is 1. The molecule has 0 bridgehead atoms. The smallest absolute Gasteiger partial charge is 0.241 e. The molecule has 1 aromatic heterocycles. The van der Waals surface area contributed by atoms with Gasteiger partial charge in [0, 0.05) is 32.6 Å². The fourth-order valence-electron chi connectivity index (χ4n) is 3.39. The Kier molecular flexibility index (Phi) is 6.25. The first kappa shape index (κ1) is 17.7. The van der Waals surface area contributed by atoms with Crippen molar-refractivity contribution < 1.29 is 4.79 Å². The van der Waals surface area contributed by atoms with Crippen molar-refractivity contribution in [2.45, 2.75) is 58.5 Å². The third-order valence-electron chi connectivity index (χ3n) is 4.77. The summed E-state index contributed by atoms with van der Waals surface area (Å²) in [7, 11) is 0. The topological polar surface area (TPSA) is 87.4 Å². The lowest BCUT2D eigenvalue weighted by molar-refractivity contribution is -0.128. The predicted molar refractivity (Wildman–Crippen MR) is 96.2 cm³/mol. The van der Waals surface area contributed by atoms with Gasteiger partial charge in [0.05, 0.1) is 6.54 Å². The highest BCUT2D eigenvalue weighted by Crippen LogP contribution is 2.14. The van der Waals surface area contributed by atoms with Gasteiger partial charge < -0.3 is 20.1 Å². The molecule has 0 radical (unpaired) electrons. The predicted octanol–water partition coefficient (Wildman–Crippen LogP) is 0.682. The summed E-state index contributed by atoms with van der Waals surface area (Å²) >= 11 is 0. The zero-order chi connectivity index (χ0) is 17.5. The van der Waals surface area contributed by atoms with Crippen LogP contribution in [0.15, 0.2) is 4.99 Å². The number of rotatable bonds is 5. The molecule has 2 aliphatic heterocycles. The van der Waals surface area contributed by atoms with Crippen molar-refractivity contribution in [1.82, 2.24) is 30.3 Å². The molecule has 2 N–H and O–H groups in total. The summed E-state index contributed by atoms with van der Waals surface area (Å²) in [5, 5.41) is 15.0. The summed E-state index contributed by atoms with van der Waals surface area (Å²) in [6, 6.07) is 0. The molecule has 1 fully saturated rings. The Morgan fingerprint density at radius 2 is 1.88 bits per heavy atom. The minimum absolute atomic E-state index is 0.138. The number of nitrogens with one attached hydrogen (secondary N) is 2. The second kappa shape index (κ2) is 8.82. The fourth-order valence-corrected chi connectivity index (χ4v) is 3.39. The molecular weight excluding hydrogens is 318 g/mol. The molecule has 2 aliphatic rings. The van der Waals surface area contributed by atoms with Gasteiger partial charge in [-0.3, -0.25) is 4.79 Å². The van der Waals surface area contributed by atoms with E-state index in [1.165, 1.54) is 19.3 Å². The standard InChI is InChI=1S/C17H29N7O/c1-2-18-17(20-13-16(25)23-9-6-7-10-23)19-12-15-22-21-14-8-4-3-5-11-24(14)15/h2-13H2,1H3,(H2,18,19,20). The van der Waals surface area contributed by atoms with E-state index in [9.17, 15) is 4.79 Å². The van der Waals surface area contributed by atoms with Gasteiger partial charge in [0.1, 0.15) is 12.4 Å². The van der Waals surface area contributed by atoms with E-state index in [2.05, 4.69) is 30.4 Å². The van der Waals surface area contributed by atoms with Crippen LogP contribution in [0.4, 0.5) is 0 Å². The third-order valence-corrected chi connectivity index (χ3v) is 4.77. The maximum Gasteiger partial charge on any atom is 0.241 e. The Balaban J connectivity index is 1.58. The van der Waals surface area contributed by atoms with Gasteiger partial charge in [0.25, 0.3) is 0 Å². The van der Waals surface area contributed by atoms with Crippen LogP contribution in [0.2, 0.25) is 0 Å². The molecule has 0 saturated carbocycles. The van der Waals surface area contributed by atoms with Crippen molar-refractivity contribution in [3.05, 3.63) is 11.6 Å². The Hall–Kier alpha value is -2.12. The molecule has 0 aromatic carbocycles. The number of aryl methyl sites for hydroxylation is 1. The van der Waals surface area contributed by atoms with Crippen LogP contribution in [-0.4, -0.2) is 57.7 Å². The number of aliphatic imine (C=N–C) groups is 1. The van der Waals surface area contributed by atoms with E-state index in [0.29, 0.717) is 12.5 Å². The van der Waals surface area contributed by atoms with Gasteiger partial charge in [-0.05, 0) is 32.6 Å². The monoisotopic (exact) mass is 347 g/mol. The Bertz CT molecular complexity index is 604. The van der Waals surface area contributed by atoms with E-state index in [1.54, 1.807) is 0 Å². The first-order valence-corrected chi connectivity index (χ1v) is 9.49. The third kappa shape index (κ3) is 4.70. The molecule has 3 rings (SSSR count). The lowest BCUT2D eigenvalue weighted by Gasteiger charge is -2.17. The summed E-state index contributed by atoms with van der Waals surface area (Å²) in [6.45, 7) is 6.25. The summed E-state index contributed by atoms with van der Waals surface area (Å²) in [5.41, 5.74) is 0. The van der Waals surface area contributed by atoms with Crippen LogP contribution < -0.4 is 10.6 Å². The van der Waals surface area contributed by atoms with Crippen molar-refractivity contribution in [2.24, 2.45) is 4.99 Å². The Morgan fingerprint density at radius 1 is 1.08 bits per heavy atom. The Morgan fingerprint density at radius 3 is 2.68 bits per heavy atom. The maximum atomic E-state index is 12.2. The Labute approximate surface area is 149 Å². The van der Waals surface area contributed by atoms with Crippen molar-refractivity contribution in [1.29, 1.82) is 0 Å². The number of aromatic nitrogens is 3. The minimum Gasteiger partial charge on any atom is -0.357 e. The molecule has 3 heterocycles. The van der Waals surface area contributed by atoms with Gasteiger partial charge in [-0.25, -0.2) is 4.99 Å². The highest BCUT2D eigenvalue weighted by atomic mass is 16.2. The number of hydrogen-bond donors (Lipinski definition) is 2. The first-order valence-electron chi connectivity index (χ1n) is 9.49. The van der Waals surface area contributed by atoms with E-state index in [-0.39, 0.29) is 12.5 Å². The average Bonchev–Trinajstić information content (AvgIpc) is 3.23. The molecule has 138 valence electrons. The van der Waals surface area contributed by atoms with Crippen molar-refractivity contribution in [3.8, 4) is 0 Å². The molecular formula is C17H29N7O. The highest BCUT2D eigenvalue weighted by molar-refractivity contribution is 5.86. The van der Waals surface area contributed by atoms with E-state index in [4.69, 9.17) is 0 Å². The first-order chi connectivity index (χ1) is 12.3. The van der Waals surface area contributed by atoms with Crippen LogP contribution in [-0.2, 0) is 24.3 Å². The molecule has 8 heteroatoms.